The molecule has 3 rings (SSSR count). The molecule has 2 heterocycles. The maximum absolute atomic E-state index is 8.99. The summed E-state index contributed by atoms with van der Waals surface area (Å²) in [6, 6.07) is 11.8. The Balaban J connectivity index is 1.76. The maximum Gasteiger partial charge on any atom is 0.0601 e. The third-order valence-electron chi connectivity index (χ3n) is 4.30. The largest absolute Gasteiger partial charge is 0.411 e. The van der Waals surface area contributed by atoms with Crippen molar-refractivity contribution in [2.24, 2.45) is 5.16 Å². The zero-order valence-electron chi connectivity index (χ0n) is 10.6. The molecule has 1 aromatic rings. The molecular formula is C15H20N2O. The van der Waals surface area contributed by atoms with Crippen LogP contribution in [0.15, 0.2) is 35.5 Å². The van der Waals surface area contributed by atoms with E-state index in [1.807, 2.05) is 0 Å². The Morgan fingerprint density at radius 3 is 2.39 bits per heavy atom. The normalized spacial score (nSPS) is 30.6. The Morgan fingerprint density at radius 2 is 1.78 bits per heavy atom. The highest BCUT2D eigenvalue weighted by Gasteiger charge is 2.36. The Labute approximate surface area is 108 Å². The van der Waals surface area contributed by atoms with Crippen molar-refractivity contribution in [1.29, 1.82) is 0 Å². The summed E-state index contributed by atoms with van der Waals surface area (Å²) in [7, 11) is 0. The Bertz CT molecular complexity index is 413. The molecule has 0 saturated carbocycles. The summed E-state index contributed by atoms with van der Waals surface area (Å²) < 4.78 is 0. The van der Waals surface area contributed by atoms with E-state index >= 15 is 0 Å². The van der Waals surface area contributed by atoms with Gasteiger partial charge in [0.05, 0.1) is 5.71 Å². The topological polar surface area (TPSA) is 35.8 Å². The van der Waals surface area contributed by atoms with Crippen molar-refractivity contribution in [1.82, 2.24) is 4.90 Å². The van der Waals surface area contributed by atoms with Crippen LogP contribution in [0.4, 0.5) is 0 Å². The summed E-state index contributed by atoms with van der Waals surface area (Å²) in [5.74, 6) is 0. The van der Waals surface area contributed by atoms with E-state index in [9.17, 15) is 0 Å². The SMILES string of the molecule is ON=C1C[C@H]2CCC[C@@H](C1)N2Cc1ccccc1. The second kappa shape index (κ2) is 5.11. The van der Waals surface area contributed by atoms with E-state index in [0.29, 0.717) is 12.1 Å². The summed E-state index contributed by atoms with van der Waals surface area (Å²) in [5.41, 5.74) is 2.38. The van der Waals surface area contributed by atoms with Gasteiger partial charge in [-0.3, -0.25) is 4.90 Å². The Morgan fingerprint density at radius 1 is 1.11 bits per heavy atom. The van der Waals surface area contributed by atoms with Gasteiger partial charge in [-0.1, -0.05) is 41.9 Å². The standard InChI is InChI=1S/C15H20N2O/c18-16-13-9-14-7-4-8-15(10-13)17(14)11-12-5-2-1-3-6-12/h1-3,5-6,14-15,18H,4,7-11H2/t14-,15+. The summed E-state index contributed by atoms with van der Waals surface area (Å²) in [5, 5.41) is 12.5. The molecule has 18 heavy (non-hydrogen) atoms. The van der Waals surface area contributed by atoms with Gasteiger partial charge in [-0.05, 0) is 18.4 Å². The van der Waals surface area contributed by atoms with Gasteiger partial charge in [0, 0.05) is 31.5 Å². The van der Waals surface area contributed by atoms with Crippen LogP contribution in [0.1, 0.15) is 37.7 Å². The lowest BCUT2D eigenvalue weighted by molar-refractivity contribution is 0.0668. The highest BCUT2D eigenvalue weighted by molar-refractivity contribution is 5.85. The zero-order chi connectivity index (χ0) is 12.4. The fourth-order valence-electron chi connectivity index (χ4n) is 3.42. The molecule has 1 N–H and O–H groups in total. The first-order chi connectivity index (χ1) is 8.86. The average molecular weight is 244 g/mol. The van der Waals surface area contributed by atoms with Crippen molar-refractivity contribution in [3.63, 3.8) is 0 Å². The van der Waals surface area contributed by atoms with Gasteiger partial charge in [0.25, 0.3) is 0 Å². The van der Waals surface area contributed by atoms with Gasteiger partial charge >= 0.3 is 0 Å². The van der Waals surface area contributed by atoms with Gasteiger partial charge in [0.15, 0.2) is 0 Å². The van der Waals surface area contributed by atoms with Crippen LogP contribution in [0.2, 0.25) is 0 Å². The van der Waals surface area contributed by atoms with E-state index in [2.05, 4.69) is 40.4 Å². The van der Waals surface area contributed by atoms with Crippen molar-refractivity contribution in [2.75, 3.05) is 0 Å². The van der Waals surface area contributed by atoms with Crippen LogP contribution >= 0.6 is 0 Å². The monoisotopic (exact) mass is 244 g/mol. The van der Waals surface area contributed by atoms with Gasteiger partial charge in [0.1, 0.15) is 0 Å². The first-order valence-corrected chi connectivity index (χ1v) is 6.86. The second-order valence-electron chi connectivity index (χ2n) is 5.47. The molecule has 3 heteroatoms. The number of oxime groups is 1. The van der Waals surface area contributed by atoms with E-state index in [1.165, 1.54) is 24.8 Å². The van der Waals surface area contributed by atoms with E-state index < -0.39 is 0 Å². The number of nitrogens with zero attached hydrogens (tertiary/aromatic N) is 2. The van der Waals surface area contributed by atoms with Crippen LogP contribution in [0, 0.1) is 0 Å². The van der Waals surface area contributed by atoms with Gasteiger partial charge in [-0.15, -0.1) is 0 Å². The molecule has 0 aliphatic carbocycles. The van der Waals surface area contributed by atoms with E-state index in [-0.39, 0.29) is 0 Å². The molecular weight excluding hydrogens is 224 g/mol. The Kier molecular flexibility index (Phi) is 3.33. The summed E-state index contributed by atoms with van der Waals surface area (Å²) in [6.07, 6.45) is 5.68. The minimum Gasteiger partial charge on any atom is -0.411 e. The van der Waals surface area contributed by atoms with E-state index in [0.717, 1.165) is 25.1 Å². The van der Waals surface area contributed by atoms with Gasteiger partial charge in [-0.25, -0.2) is 0 Å². The number of rotatable bonds is 2. The number of benzene rings is 1. The summed E-state index contributed by atoms with van der Waals surface area (Å²) in [6.45, 7) is 1.04. The molecule has 3 nitrogen and oxygen atoms in total. The lowest BCUT2D eigenvalue weighted by Gasteiger charge is -2.46. The molecule has 2 atom stereocenters. The molecule has 0 spiro atoms. The third-order valence-corrected chi connectivity index (χ3v) is 4.30. The van der Waals surface area contributed by atoms with Crippen molar-refractivity contribution in [2.45, 2.75) is 50.7 Å². The van der Waals surface area contributed by atoms with E-state index in [4.69, 9.17) is 5.21 Å². The summed E-state index contributed by atoms with van der Waals surface area (Å²) in [4.78, 5) is 2.62. The molecule has 2 saturated heterocycles. The fourth-order valence-corrected chi connectivity index (χ4v) is 3.42. The molecule has 2 aliphatic heterocycles. The molecule has 0 amide bonds. The van der Waals surface area contributed by atoms with Gasteiger partial charge in [0.2, 0.25) is 0 Å². The maximum atomic E-state index is 8.99. The number of fused-ring (bicyclic) bond motifs is 2. The highest BCUT2D eigenvalue weighted by Crippen LogP contribution is 2.33. The third kappa shape index (κ3) is 2.27. The Hall–Kier alpha value is -1.35. The van der Waals surface area contributed by atoms with Crippen LogP contribution in [0.25, 0.3) is 0 Å². The minimum absolute atomic E-state index is 0.573. The van der Waals surface area contributed by atoms with Crippen LogP contribution in [0.3, 0.4) is 0 Å². The smallest absolute Gasteiger partial charge is 0.0601 e. The van der Waals surface area contributed by atoms with Crippen LogP contribution < -0.4 is 0 Å². The second-order valence-corrected chi connectivity index (χ2v) is 5.47. The molecule has 0 unspecified atom stereocenters. The molecule has 0 radical (unpaired) electrons. The highest BCUT2D eigenvalue weighted by atomic mass is 16.4. The molecule has 2 bridgehead atoms. The van der Waals surface area contributed by atoms with Crippen LogP contribution in [0.5, 0.6) is 0 Å². The molecule has 96 valence electrons. The number of hydrogen-bond donors (Lipinski definition) is 1. The zero-order valence-corrected chi connectivity index (χ0v) is 10.6. The first-order valence-electron chi connectivity index (χ1n) is 6.86. The number of hydrogen-bond acceptors (Lipinski definition) is 3. The average Bonchev–Trinajstić information content (AvgIpc) is 2.39. The van der Waals surface area contributed by atoms with Crippen molar-refractivity contribution >= 4 is 5.71 Å². The molecule has 2 aliphatic rings. The lowest BCUT2D eigenvalue weighted by atomic mass is 9.83. The van der Waals surface area contributed by atoms with Gasteiger partial charge in [-0.2, -0.15) is 0 Å². The van der Waals surface area contributed by atoms with Crippen molar-refractivity contribution < 1.29 is 5.21 Å². The van der Waals surface area contributed by atoms with Crippen LogP contribution in [-0.2, 0) is 6.54 Å². The van der Waals surface area contributed by atoms with E-state index in [1.54, 1.807) is 0 Å². The van der Waals surface area contributed by atoms with Crippen molar-refractivity contribution in [3.05, 3.63) is 35.9 Å². The number of piperidine rings is 2. The first kappa shape index (κ1) is 11.7. The molecule has 0 aromatic heterocycles. The minimum atomic E-state index is 0.573. The van der Waals surface area contributed by atoms with Crippen molar-refractivity contribution in [3.8, 4) is 0 Å². The summed E-state index contributed by atoms with van der Waals surface area (Å²) >= 11 is 0. The predicted octanol–water partition coefficient (Wildman–Crippen LogP) is 3.03. The quantitative estimate of drug-likeness (QED) is 0.641. The van der Waals surface area contributed by atoms with Crippen LogP contribution in [-0.4, -0.2) is 27.9 Å². The van der Waals surface area contributed by atoms with Gasteiger partial charge < -0.3 is 5.21 Å². The lowest BCUT2D eigenvalue weighted by Crippen LogP contribution is -2.51. The molecule has 1 aromatic carbocycles. The molecule has 2 fully saturated rings. The fraction of sp³-hybridized carbons (Fsp3) is 0.533. The predicted molar refractivity (Wildman–Crippen MR) is 71.9 cm³/mol.